The van der Waals surface area contributed by atoms with E-state index in [0.717, 1.165) is 11.1 Å². The maximum atomic E-state index is 12.7. The van der Waals surface area contributed by atoms with E-state index in [2.05, 4.69) is 25.7 Å². The second-order valence-corrected chi connectivity index (χ2v) is 6.34. The minimum atomic E-state index is -2.73. The van der Waals surface area contributed by atoms with E-state index in [1.54, 1.807) is 25.5 Å². The smallest absolute Gasteiger partial charge is 0.333 e. The number of amides is 1. The lowest BCUT2D eigenvalue weighted by atomic mass is 10.0. The molecule has 0 aromatic carbocycles. The Hall–Kier alpha value is -3.62. The van der Waals surface area contributed by atoms with Gasteiger partial charge in [-0.15, -0.1) is 0 Å². The largest absolute Gasteiger partial charge is 0.342 e. The highest BCUT2D eigenvalue weighted by Crippen LogP contribution is 2.36. The molecule has 142 valence electrons. The molecule has 28 heavy (non-hydrogen) atoms. The first-order chi connectivity index (χ1) is 13.4. The number of nitrogens with one attached hydrogen (secondary N) is 2. The number of aromatic nitrogens is 4. The number of carbonyl (C=O) groups excluding carboxylic acids is 1. The molecular weight excluding hydrogens is 366 g/mol. The Morgan fingerprint density at radius 3 is 2.79 bits per heavy atom. The van der Waals surface area contributed by atoms with Crippen molar-refractivity contribution in [3.8, 4) is 11.3 Å². The summed E-state index contributed by atoms with van der Waals surface area (Å²) in [5.74, 6) is -0.0703. The van der Waals surface area contributed by atoms with E-state index in [-0.39, 0.29) is 11.7 Å². The van der Waals surface area contributed by atoms with Crippen molar-refractivity contribution in [2.45, 2.75) is 20.4 Å². The van der Waals surface area contributed by atoms with Crippen LogP contribution in [0.1, 0.15) is 24.6 Å². The molecule has 4 heterocycles. The van der Waals surface area contributed by atoms with Crippen LogP contribution in [-0.2, 0) is 4.79 Å². The molecule has 2 N–H and O–H groups in total. The summed E-state index contributed by atoms with van der Waals surface area (Å²) < 4.78 is 25.9. The molecule has 1 amide bonds. The molecule has 0 bridgehead atoms. The van der Waals surface area contributed by atoms with Crippen LogP contribution >= 0.6 is 0 Å². The number of halogens is 2. The maximum Gasteiger partial charge on any atom is 0.333 e. The van der Waals surface area contributed by atoms with Crippen molar-refractivity contribution in [2.24, 2.45) is 0 Å². The van der Waals surface area contributed by atoms with E-state index in [1.807, 2.05) is 19.1 Å². The lowest BCUT2D eigenvalue weighted by Crippen LogP contribution is -2.09. The van der Waals surface area contributed by atoms with Crippen molar-refractivity contribution in [3.63, 3.8) is 0 Å². The molecule has 3 aromatic rings. The van der Waals surface area contributed by atoms with Crippen LogP contribution in [-0.4, -0.2) is 25.7 Å². The molecule has 4 rings (SSSR count). The normalized spacial score (nSPS) is 14.8. The van der Waals surface area contributed by atoms with E-state index in [9.17, 15) is 13.6 Å². The van der Waals surface area contributed by atoms with Crippen molar-refractivity contribution in [2.75, 3.05) is 10.6 Å². The van der Waals surface area contributed by atoms with Crippen LogP contribution < -0.4 is 10.6 Å². The predicted molar refractivity (Wildman–Crippen MR) is 101 cm³/mol. The molecule has 1 aliphatic rings. The molecule has 0 unspecified atom stereocenters. The number of aryl methyl sites for hydroxylation is 1. The quantitative estimate of drug-likeness (QED) is 0.670. The molecule has 0 fully saturated rings. The third kappa shape index (κ3) is 3.11. The van der Waals surface area contributed by atoms with Crippen molar-refractivity contribution in [3.05, 3.63) is 59.8 Å². The average Bonchev–Trinajstić information content (AvgIpc) is 3.25. The van der Waals surface area contributed by atoms with E-state index >= 15 is 0 Å². The summed E-state index contributed by atoms with van der Waals surface area (Å²) >= 11 is 0. The number of alkyl halides is 2. The minimum Gasteiger partial charge on any atom is -0.342 e. The van der Waals surface area contributed by atoms with Gasteiger partial charge in [0.15, 0.2) is 5.82 Å². The molecule has 0 saturated carbocycles. The van der Waals surface area contributed by atoms with Gasteiger partial charge in [-0.05, 0) is 31.5 Å². The number of hydrogen-bond donors (Lipinski definition) is 2. The van der Waals surface area contributed by atoms with Gasteiger partial charge in [0, 0.05) is 41.5 Å². The van der Waals surface area contributed by atoms with Gasteiger partial charge in [-0.3, -0.25) is 14.8 Å². The Bertz CT molecular complexity index is 1110. The fourth-order valence-electron chi connectivity index (χ4n) is 3.09. The van der Waals surface area contributed by atoms with Crippen molar-refractivity contribution >= 4 is 23.0 Å². The van der Waals surface area contributed by atoms with Crippen LogP contribution in [0.5, 0.6) is 0 Å². The number of fused-ring (bicyclic) bond motifs is 1. The highest BCUT2D eigenvalue weighted by molar-refractivity contribution is 6.32. The number of nitrogens with zero attached hydrogens (tertiary/aromatic N) is 4. The van der Waals surface area contributed by atoms with Gasteiger partial charge in [0.25, 0.3) is 5.91 Å². The number of allylic oxidation sites excluding steroid dienone is 1. The van der Waals surface area contributed by atoms with E-state index in [4.69, 9.17) is 0 Å². The van der Waals surface area contributed by atoms with E-state index in [0.29, 0.717) is 32.9 Å². The monoisotopic (exact) mass is 382 g/mol. The Kier molecular flexibility index (Phi) is 4.34. The Morgan fingerprint density at radius 2 is 2.07 bits per heavy atom. The third-order valence-electron chi connectivity index (χ3n) is 4.46. The Labute approximate surface area is 159 Å². The zero-order valence-electron chi connectivity index (χ0n) is 15.1. The minimum absolute atomic E-state index is 0.226. The molecule has 7 nitrogen and oxygen atoms in total. The Balaban J connectivity index is 1.73. The standard InChI is InChI=1S/C19H16F2N6O/c1-10-3-5-22-8-13(10)14-7-12-15(9-23-14)25-18(28)17(12)11(2)24-16-4-6-27(26-16)19(20)21/h3-9,19H,1-2H3,(H,24,26)(H,25,28)/b17-11-. The van der Waals surface area contributed by atoms with Gasteiger partial charge in [-0.25, -0.2) is 4.68 Å². The summed E-state index contributed by atoms with van der Waals surface area (Å²) in [5.41, 5.74) is 4.74. The zero-order valence-corrected chi connectivity index (χ0v) is 15.1. The topological polar surface area (TPSA) is 84.7 Å². The molecule has 3 aromatic heterocycles. The van der Waals surface area contributed by atoms with Crippen LogP contribution in [0.15, 0.2) is 48.7 Å². The third-order valence-corrected chi connectivity index (χ3v) is 4.46. The highest BCUT2D eigenvalue weighted by atomic mass is 19.3. The SMILES string of the molecule is C/C(Nc1ccn(C(F)F)n1)=C1/C(=O)Nc2cnc(-c3cnccc3C)cc21. The molecule has 0 aliphatic carbocycles. The summed E-state index contributed by atoms with van der Waals surface area (Å²) in [7, 11) is 0. The molecule has 0 radical (unpaired) electrons. The predicted octanol–water partition coefficient (Wildman–Crippen LogP) is 3.84. The fraction of sp³-hybridized carbons (Fsp3) is 0.158. The number of hydrogen-bond acceptors (Lipinski definition) is 5. The van der Waals surface area contributed by atoms with Crippen molar-refractivity contribution in [1.82, 2.24) is 19.7 Å². The average molecular weight is 382 g/mol. The second kappa shape index (κ2) is 6.84. The summed E-state index contributed by atoms with van der Waals surface area (Å²) in [5, 5.41) is 9.44. The second-order valence-electron chi connectivity index (χ2n) is 6.34. The number of carbonyl (C=O) groups is 1. The van der Waals surface area contributed by atoms with E-state index < -0.39 is 6.55 Å². The first-order valence-corrected chi connectivity index (χ1v) is 8.48. The summed E-state index contributed by atoms with van der Waals surface area (Å²) in [6.45, 7) is 0.925. The summed E-state index contributed by atoms with van der Waals surface area (Å²) in [6, 6.07) is 5.12. The lowest BCUT2D eigenvalue weighted by Gasteiger charge is -2.09. The molecule has 0 atom stereocenters. The van der Waals surface area contributed by atoms with Gasteiger partial charge >= 0.3 is 6.55 Å². The lowest BCUT2D eigenvalue weighted by molar-refractivity contribution is -0.110. The number of anilines is 2. The first kappa shape index (κ1) is 17.8. The number of pyridine rings is 2. The van der Waals surface area contributed by atoms with Gasteiger partial charge in [-0.1, -0.05) is 0 Å². The van der Waals surface area contributed by atoms with Gasteiger partial charge in [-0.2, -0.15) is 13.9 Å². The van der Waals surface area contributed by atoms with Gasteiger partial charge in [0.2, 0.25) is 0 Å². The van der Waals surface area contributed by atoms with Crippen LogP contribution in [0, 0.1) is 6.92 Å². The summed E-state index contributed by atoms with van der Waals surface area (Å²) in [6.07, 6.45) is 6.19. The van der Waals surface area contributed by atoms with Crippen molar-refractivity contribution in [1.29, 1.82) is 0 Å². The molecule has 1 aliphatic heterocycles. The molecule has 9 heteroatoms. The van der Waals surface area contributed by atoms with Crippen molar-refractivity contribution < 1.29 is 13.6 Å². The van der Waals surface area contributed by atoms with Crippen LogP contribution in [0.4, 0.5) is 20.3 Å². The fourth-order valence-corrected chi connectivity index (χ4v) is 3.09. The van der Waals surface area contributed by atoms with Gasteiger partial charge in [0.1, 0.15) is 0 Å². The zero-order chi connectivity index (χ0) is 19.8. The maximum absolute atomic E-state index is 12.7. The highest BCUT2D eigenvalue weighted by Gasteiger charge is 2.28. The van der Waals surface area contributed by atoms with Crippen LogP contribution in [0.2, 0.25) is 0 Å². The van der Waals surface area contributed by atoms with Crippen LogP contribution in [0.3, 0.4) is 0 Å². The Morgan fingerprint density at radius 1 is 1.25 bits per heavy atom. The molecule has 0 spiro atoms. The molecular formula is C19H16F2N6O. The molecule has 0 saturated heterocycles. The van der Waals surface area contributed by atoms with Gasteiger partial charge < -0.3 is 10.6 Å². The van der Waals surface area contributed by atoms with E-state index in [1.165, 1.54) is 12.3 Å². The summed E-state index contributed by atoms with van der Waals surface area (Å²) in [4.78, 5) is 21.1. The first-order valence-electron chi connectivity index (χ1n) is 8.48. The van der Waals surface area contributed by atoms with Gasteiger partial charge in [0.05, 0.1) is 23.2 Å². The van der Waals surface area contributed by atoms with Crippen LogP contribution in [0.25, 0.3) is 16.8 Å². The number of rotatable bonds is 4.